The van der Waals surface area contributed by atoms with Gasteiger partial charge in [-0.15, -0.1) is 24.0 Å². The van der Waals surface area contributed by atoms with Gasteiger partial charge >= 0.3 is 0 Å². The van der Waals surface area contributed by atoms with Crippen molar-refractivity contribution in [3.05, 3.63) is 23.7 Å². The summed E-state index contributed by atoms with van der Waals surface area (Å²) in [5.41, 5.74) is 0. The van der Waals surface area contributed by atoms with Crippen molar-refractivity contribution in [2.75, 3.05) is 26.2 Å². The molecule has 0 bridgehead atoms. The molecule has 0 aromatic carbocycles. The summed E-state index contributed by atoms with van der Waals surface area (Å²) in [5.74, 6) is 3.73. The summed E-state index contributed by atoms with van der Waals surface area (Å²) in [6.45, 7) is 10.3. The predicted octanol–water partition coefficient (Wildman–Crippen LogP) is 3.31. The van der Waals surface area contributed by atoms with Gasteiger partial charge in [-0.1, -0.05) is 6.92 Å². The van der Waals surface area contributed by atoms with Gasteiger partial charge in [0, 0.05) is 12.6 Å². The van der Waals surface area contributed by atoms with E-state index in [2.05, 4.69) is 41.5 Å². The normalized spacial score (nSPS) is 25.2. The van der Waals surface area contributed by atoms with Crippen LogP contribution in [0.3, 0.4) is 0 Å². The summed E-state index contributed by atoms with van der Waals surface area (Å²) in [6.07, 6.45) is 3.80. The van der Waals surface area contributed by atoms with Gasteiger partial charge in [0.25, 0.3) is 0 Å². The molecule has 2 aliphatic rings. The highest BCUT2D eigenvalue weighted by Gasteiger charge is 2.33. The molecule has 1 aromatic rings. The second kappa shape index (κ2) is 9.08. The molecule has 1 aromatic heterocycles. The highest BCUT2D eigenvalue weighted by Crippen LogP contribution is 2.29. The van der Waals surface area contributed by atoms with Crippen molar-refractivity contribution in [2.45, 2.75) is 52.1 Å². The first-order chi connectivity index (χ1) is 11.2. The number of hydrogen-bond donors (Lipinski definition) is 2. The second-order valence-electron chi connectivity index (χ2n) is 6.89. The van der Waals surface area contributed by atoms with Crippen LogP contribution >= 0.6 is 24.0 Å². The highest BCUT2D eigenvalue weighted by molar-refractivity contribution is 14.0. The van der Waals surface area contributed by atoms with Gasteiger partial charge in [-0.2, -0.15) is 0 Å². The Morgan fingerprint density at radius 3 is 2.62 bits per heavy atom. The first-order valence-electron chi connectivity index (χ1n) is 9.02. The molecule has 2 N–H and O–H groups in total. The molecule has 0 amide bonds. The van der Waals surface area contributed by atoms with Crippen LogP contribution in [0, 0.1) is 12.8 Å². The molecule has 3 rings (SSSR count). The largest absolute Gasteiger partial charge is 0.465 e. The van der Waals surface area contributed by atoms with Crippen molar-refractivity contribution in [3.8, 4) is 0 Å². The Morgan fingerprint density at radius 1 is 1.38 bits per heavy atom. The van der Waals surface area contributed by atoms with Gasteiger partial charge in [-0.3, -0.25) is 9.89 Å². The summed E-state index contributed by atoms with van der Waals surface area (Å²) in [5, 5.41) is 6.90. The molecule has 3 atom stereocenters. The number of halogens is 1. The third-order valence-electron chi connectivity index (χ3n) is 4.87. The second-order valence-corrected chi connectivity index (χ2v) is 6.89. The number of furan rings is 1. The topological polar surface area (TPSA) is 52.8 Å². The maximum Gasteiger partial charge on any atom is 0.191 e. The van der Waals surface area contributed by atoms with E-state index in [0.717, 1.165) is 49.6 Å². The van der Waals surface area contributed by atoms with E-state index in [4.69, 9.17) is 9.41 Å². The third kappa shape index (κ3) is 5.12. The molecule has 1 aliphatic heterocycles. The molecule has 1 saturated heterocycles. The van der Waals surface area contributed by atoms with E-state index in [1.54, 1.807) is 0 Å². The Hall–Kier alpha value is -0.760. The SMILES string of the molecule is CCNC(=NCC(c1ccc(C)o1)N1CCCC1)NC1CC1C.I. The lowest BCUT2D eigenvalue weighted by Gasteiger charge is -2.24. The fourth-order valence-corrected chi connectivity index (χ4v) is 3.27. The van der Waals surface area contributed by atoms with Gasteiger partial charge in [0.05, 0.1) is 12.6 Å². The first kappa shape index (κ1) is 19.6. The smallest absolute Gasteiger partial charge is 0.191 e. The number of nitrogens with zero attached hydrogens (tertiary/aromatic N) is 2. The summed E-state index contributed by atoms with van der Waals surface area (Å²) in [7, 11) is 0. The minimum atomic E-state index is 0. The van der Waals surface area contributed by atoms with Crippen LogP contribution in [0.5, 0.6) is 0 Å². The Balaban J connectivity index is 0.00000208. The van der Waals surface area contributed by atoms with Crippen LogP contribution in [-0.2, 0) is 0 Å². The Labute approximate surface area is 162 Å². The molecule has 24 heavy (non-hydrogen) atoms. The van der Waals surface area contributed by atoms with Crippen LogP contribution < -0.4 is 10.6 Å². The van der Waals surface area contributed by atoms with Crippen LogP contribution in [0.15, 0.2) is 21.5 Å². The van der Waals surface area contributed by atoms with E-state index in [1.165, 1.54) is 19.3 Å². The van der Waals surface area contributed by atoms with E-state index < -0.39 is 0 Å². The molecule has 2 fully saturated rings. The molecule has 136 valence electrons. The number of likely N-dealkylation sites (tertiary alicyclic amines) is 1. The molecular weight excluding hydrogens is 415 g/mol. The number of aryl methyl sites for hydroxylation is 1. The van der Waals surface area contributed by atoms with Crippen LogP contribution in [0.4, 0.5) is 0 Å². The number of rotatable bonds is 6. The van der Waals surface area contributed by atoms with Gasteiger partial charge in [0.1, 0.15) is 11.5 Å². The molecule has 2 heterocycles. The van der Waals surface area contributed by atoms with Gasteiger partial charge in [0.2, 0.25) is 0 Å². The van der Waals surface area contributed by atoms with Crippen LogP contribution in [0.25, 0.3) is 0 Å². The van der Waals surface area contributed by atoms with Crippen molar-refractivity contribution in [1.82, 2.24) is 15.5 Å². The molecular formula is C18H31IN4O. The fraction of sp³-hybridized carbons (Fsp3) is 0.722. The van der Waals surface area contributed by atoms with Gasteiger partial charge < -0.3 is 15.1 Å². The maximum absolute atomic E-state index is 5.91. The van der Waals surface area contributed by atoms with Crippen molar-refractivity contribution in [2.24, 2.45) is 10.9 Å². The molecule has 3 unspecified atom stereocenters. The average molecular weight is 446 g/mol. The number of aliphatic imine (C=N–C) groups is 1. The Kier molecular flexibility index (Phi) is 7.40. The molecule has 0 spiro atoms. The third-order valence-corrected chi connectivity index (χ3v) is 4.87. The summed E-state index contributed by atoms with van der Waals surface area (Å²) >= 11 is 0. The molecule has 0 radical (unpaired) electrons. The van der Waals surface area contributed by atoms with Crippen molar-refractivity contribution in [1.29, 1.82) is 0 Å². The summed E-state index contributed by atoms with van der Waals surface area (Å²) in [6, 6.07) is 5.00. The van der Waals surface area contributed by atoms with E-state index >= 15 is 0 Å². The highest BCUT2D eigenvalue weighted by atomic mass is 127. The Bertz CT molecular complexity index is 539. The van der Waals surface area contributed by atoms with Gasteiger partial charge in [-0.25, -0.2) is 0 Å². The Morgan fingerprint density at radius 2 is 2.08 bits per heavy atom. The zero-order valence-electron chi connectivity index (χ0n) is 15.0. The minimum absolute atomic E-state index is 0. The van der Waals surface area contributed by atoms with Gasteiger partial charge in [0.15, 0.2) is 5.96 Å². The monoisotopic (exact) mass is 446 g/mol. The zero-order valence-corrected chi connectivity index (χ0v) is 17.4. The quantitative estimate of drug-likeness (QED) is 0.400. The number of nitrogens with one attached hydrogen (secondary N) is 2. The van der Waals surface area contributed by atoms with Crippen LogP contribution in [0.2, 0.25) is 0 Å². The maximum atomic E-state index is 5.91. The molecule has 1 saturated carbocycles. The molecule has 1 aliphatic carbocycles. The van der Waals surface area contributed by atoms with Gasteiger partial charge in [-0.05, 0) is 64.3 Å². The number of hydrogen-bond acceptors (Lipinski definition) is 3. The lowest BCUT2D eigenvalue weighted by atomic mass is 10.2. The lowest BCUT2D eigenvalue weighted by molar-refractivity contribution is 0.219. The lowest BCUT2D eigenvalue weighted by Crippen LogP contribution is -2.40. The van der Waals surface area contributed by atoms with Crippen molar-refractivity contribution in [3.63, 3.8) is 0 Å². The number of guanidine groups is 1. The first-order valence-corrected chi connectivity index (χ1v) is 9.02. The van der Waals surface area contributed by atoms with E-state index in [1.807, 2.05) is 6.92 Å². The summed E-state index contributed by atoms with van der Waals surface area (Å²) < 4.78 is 5.91. The van der Waals surface area contributed by atoms with E-state index in [-0.39, 0.29) is 30.0 Å². The summed E-state index contributed by atoms with van der Waals surface area (Å²) in [4.78, 5) is 7.36. The van der Waals surface area contributed by atoms with E-state index in [9.17, 15) is 0 Å². The predicted molar refractivity (Wildman–Crippen MR) is 109 cm³/mol. The van der Waals surface area contributed by atoms with Crippen molar-refractivity contribution >= 4 is 29.9 Å². The minimum Gasteiger partial charge on any atom is -0.465 e. The molecule has 5 nitrogen and oxygen atoms in total. The van der Waals surface area contributed by atoms with Crippen LogP contribution in [0.1, 0.15) is 50.7 Å². The van der Waals surface area contributed by atoms with Crippen LogP contribution in [-0.4, -0.2) is 43.1 Å². The zero-order chi connectivity index (χ0) is 16.2. The average Bonchev–Trinajstić information content (AvgIpc) is 2.97. The fourth-order valence-electron chi connectivity index (χ4n) is 3.27. The molecule has 6 heteroatoms. The standard InChI is InChI=1S/C18H30N4O.HI/c1-4-19-18(21-15-11-13(15)2)20-12-16(22-9-5-6-10-22)17-8-7-14(3)23-17;/h7-8,13,15-16H,4-6,9-12H2,1-3H3,(H2,19,20,21);1H. The van der Waals surface area contributed by atoms with Crippen molar-refractivity contribution < 1.29 is 4.42 Å². The van der Waals surface area contributed by atoms with E-state index in [0.29, 0.717) is 6.04 Å².